The van der Waals surface area contributed by atoms with E-state index in [2.05, 4.69) is 29.5 Å². The van der Waals surface area contributed by atoms with Crippen molar-refractivity contribution in [2.24, 2.45) is 12.0 Å². The Kier molecular flexibility index (Phi) is 4.76. The molecule has 2 aromatic rings. The Balaban J connectivity index is 1.95. The number of benzene rings is 1. The van der Waals surface area contributed by atoms with Crippen molar-refractivity contribution in [1.82, 2.24) is 15.1 Å². The van der Waals surface area contributed by atoms with Crippen LogP contribution in [0.4, 0.5) is 0 Å². The Bertz CT molecular complexity index is 705. The fourth-order valence-electron chi connectivity index (χ4n) is 2.89. The first kappa shape index (κ1) is 15.7. The summed E-state index contributed by atoms with van der Waals surface area (Å²) < 4.78 is 7.19. The van der Waals surface area contributed by atoms with Crippen molar-refractivity contribution in [2.75, 3.05) is 13.7 Å². The Morgan fingerprint density at radius 1 is 1.35 bits per heavy atom. The minimum Gasteiger partial charge on any atom is -0.497 e. The molecule has 3 rings (SSSR count). The predicted octanol–water partition coefficient (Wildman–Crippen LogP) is 2.54. The second-order valence-corrected chi connectivity index (χ2v) is 5.90. The number of methoxy groups -OCH3 is 1. The minimum absolute atomic E-state index is 0.0955. The monoisotopic (exact) mass is 312 g/mol. The number of nitrogens with zero attached hydrogens (tertiary/aromatic N) is 3. The first-order valence-electron chi connectivity index (χ1n) is 8.19. The molecule has 1 N–H and O–H groups in total. The average molecular weight is 312 g/mol. The number of hydrogen-bond acceptors (Lipinski definition) is 4. The molecule has 1 atom stereocenters. The van der Waals surface area contributed by atoms with Crippen molar-refractivity contribution in [2.45, 2.75) is 32.4 Å². The number of ether oxygens (including phenoxy) is 1. The number of fused-ring (bicyclic) bond motifs is 1. The molecule has 0 aliphatic carbocycles. The molecule has 0 amide bonds. The molecule has 2 heterocycles. The van der Waals surface area contributed by atoms with Gasteiger partial charge in [0.2, 0.25) is 0 Å². The average Bonchev–Trinajstić information content (AvgIpc) is 3.00. The Morgan fingerprint density at radius 3 is 2.91 bits per heavy atom. The topological polar surface area (TPSA) is 51.4 Å². The Hall–Kier alpha value is -2.14. The van der Waals surface area contributed by atoms with Gasteiger partial charge in [0.1, 0.15) is 17.6 Å². The van der Waals surface area contributed by atoms with Crippen LogP contribution in [0.3, 0.4) is 0 Å². The lowest BCUT2D eigenvalue weighted by Crippen LogP contribution is -2.35. The number of hydrogen-bond donors (Lipinski definition) is 1. The molecule has 0 saturated heterocycles. The third-order valence-corrected chi connectivity index (χ3v) is 4.13. The van der Waals surface area contributed by atoms with Crippen LogP contribution in [-0.2, 0) is 13.5 Å². The third kappa shape index (κ3) is 3.45. The van der Waals surface area contributed by atoms with Crippen molar-refractivity contribution in [3.63, 3.8) is 0 Å². The van der Waals surface area contributed by atoms with Crippen LogP contribution in [0.2, 0.25) is 0 Å². The fraction of sp³-hybridized carbons (Fsp3) is 0.444. The highest BCUT2D eigenvalue weighted by atomic mass is 16.5. The zero-order chi connectivity index (χ0) is 16.2. The Labute approximate surface area is 137 Å². The predicted molar refractivity (Wildman–Crippen MR) is 92.2 cm³/mol. The molecular formula is C18H24N4O. The molecule has 122 valence electrons. The second kappa shape index (κ2) is 6.96. The normalized spacial score (nSPS) is 16.8. The van der Waals surface area contributed by atoms with E-state index in [-0.39, 0.29) is 6.17 Å². The van der Waals surface area contributed by atoms with Gasteiger partial charge in [-0.15, -0.1) is 0 Å². The first-order valence-corrected chi connectivity index (χ1v) is 8.19. The SMILES string of the molecule is CCCCN[C@H]1Cc2cc(OC)ccc2C(c2ccn(C)n2)=N1. The summed E-state index contributed by atoms with van der Waals surface area (Å²) in [4.78, 5) is 4.92. The summed E-state index contributed by atoms with van der Waals surface area (Å²) in [5, 5.41) is 8.08. The van der Waals surface area contributed by atoms with Crippen LogP contribution in [0.5, 0.6) is 5.75 Å². The van der Waals surface area contributed by atoms with Gasteiger partial charge in [0.05, 0.1) is 12.8 Å². The summed E-state index contributed by atoms with van der Waals surface area (Å²) in [5.74, 6) is 0.887. The quantitative estimate of drug-likeness (QED) is 0.834. The molecule has 0 spiro atoms. The van der Waals surface area contributed by atoms with Crippen molar-refractivity contribution >= 4 is 5.71 Å². The van der Waals surface area contributed by atoms with E-state index in [1.54, 1.807) is 7.11 Å². The number of unbranched alkanes of at least 4 members (excludes halogenated alkanes) is 1. The number of rotatable bonds is 6. The molecule has 0 radical (unpaired) electrons. The molecule has 0 saturated carbocycles. The molecule has 0 fully saturated rings. The first-order chi connectivity index (χ1) is 11.2. The summed E-state index contributed by atoms with van der Waals surface area (Å²) in [6.07, 6.45) is 5.27. The molecule has 1 aromatic heterocycles. The molecule has 1 aliphatic heterocycles. The molecule has 1 aliphatic rings. The maximum atomic E-state index is 5.38. The summed E-state index contributed by atoms with van der Waals surface area (Å²) in [7, 11) is 3.63. The number of aryl methyl sites for hydroxylation is 1. The van der Waals surface area contributed by atoms with Crippen LogP contribution in [0.25, 0.3) is 0 Å². The maximum Gasteiger partial charge on any atom is 0.119 e. The standard InChI is InChI=1S/C18H24N4O/c1-4-5-9-19-17-12-13-11-14(23-3)6-7-15(13)18(20-17)16-8-10-22(2)21-16/h6-8,10-11,17,19H,4-5,9,12H2,1-3H3/t17-/m1/s1. The van der Waals surface area contributed by atoms with E-state index < -0.39 is 0 Å². The second-order valence-electron chi connectivity index (χ2n) is 5.90. The highest BCUT2D eigenvalue weighted by molar-refractivity contribution is 6.13. The van der Waals surface area contributed by atoms with Crippen LogP contribution in [-0.4, -0.2) is 35.3 Å². The van der Waals surface area contributed by atoms with E-state index in [9.17, 15) is 0 Å². The van der Waals surface area contributed by atoms with E-state index in [0.717, 1.165) is 42.1 Å². The van der Waals surface area contributed by atoms with Gasteiger partial charge in [0.25, 0.3) is 0 Å². The van der Waals surface area contributed by atoms with Gasteiger partial charge in [-0.05, 0) is 42.8 Å². The van der Waals surface area contributed by atoms with Gasteiger partial charge in [0.15, 0.2) is 0 Å². The number of nitrogens with one attached hydrogen (secondary N) is 1. The largest absolute Gasteiger partial charge is 0.497 e. The van der Waals surface area contributed by atoms with Crippen LogP contribution < -0.4 is 10.1 Å². The third-order valence-electron chi connectivity index (χ3n) is 4.13. The summed E-state index contributed by atoms with van der Waals surface area (Å²) in [6.45, 7) is 3.19. The smallest absolute Gasteiger partial charge is 0.119 e. The van der Waals surface area contributed by atoms with E-state index in [1.165, 1.54) is 12.0 Å². The molecule has 0 bridgehead atoms. The van der Waals surface area contributed by atoms with Crippen LogP contribution >= 0.6 is 0 Å². The van der Waals surface area contributed by atoms with Gasteiger partial charge in [0, 0.05) is 25.2 Å². The lowest BCUT2D eigenvalue weighted by Gasteiger charge is -2.24. The summed E-state index contributed by atoms with van der Waals surface area (Å²) in [5.41, 5.74) is 4.29. The van der Waals surface area contributed by atoms with Gasteiger partial charge in [-0.3, -0.25) is 15.0 Å². The Morgan fingerprint density at radius 2 is 2.22 bits per heavy atom. The molecule has 23 heavy (non-hydrogen) atoms. The van der Waals surface area contributed by atoms with Crippen molar-refractivity contribution < 1.29 is 4.74 Å². The van der Waals surface area contributed by atoms with Crippen LogP contribution in [0.1, 0.15) is 36.6 Å². The van der Waals surface area contributed by atoms with Gasteiger partial charge >= 0.3 is 0 Å². The summed E-state index contributed by atoms with van der Waals surface area (Å²) in [6, 6.07) is 8.20. The van der Waals surface area contributed by atoms with Gasteiger partial charge < -0.3 is 4.74 Å². The lowest BCUT2D eigenvalue weighted by atomic mass is 9.94. The van der Waals surface area contributed by atoms with Crippen LogP contribution in [0, 0.1) is 0 Å². The van der Waals surface area contributed by atoms with Gasteiger partial charge in [-0.25, -0.2) is 0 Å². The van der Waals surface area contributed by atoms with Crippen molar-refractivity contribution in [3.8, 4) is 5.75 Å². The van der Waals surface area contributed by atoms with Crippen LogP contribution in [0.15, 0.2) is 35.5 Å². The van der Waals surface area contributed by atoms with E-state index in [0.29, 0.717) is 0 Å². The van der Waals surface area contributed by atoms with E-state index in [4.69, 9.17) is 9.73 Å². The highest BCUT2D eigenvalue weighted by Gasteiger charge is 2.23. The van der Waals surface area contributed by atoms with Gasteiger partial charge in [-0.2, -0.15) is 5.10 Å². The van der Waals surface area contributed by atoms with Crippen molar-refractivity contribution in [1.29, 1.82) is 0 Å². The molecule has 1 aromatic carbocycles. The molecule has 0 unspecified atom stereocenters. The van der Waals surface area contributed by atoms with Crippen molar-refractivity contribution in [3.05, 3.63) is 47.3 Å². The van der Waals surface area contributed by atoms with E-state index >= 15 is 0 Å². The number of aliphatic imine (C=N–C) groups is 1. The maximum absolute atomic E-state index is 5.38. The zero-order valence-corrected chi connectivity index (χ0v) is 14.0. The fourth-order valence-corrected chi connectivity index (χ4v) is 2.89. The highest BCUT2D eigenvalue weighted by Crippen LogP contribution is 2.26. The van der Waals surface area contributed by atoms with Gasteiger partial charge in [-0.1, -0.05) is 13.3 Å². The zero-order valence-electron chi connectivity index (χ0n) is 14.0. The van der Waals surface area contributed by atoms with E-state index in [1.807, 2.05) is 30.1 Å². The minimum atomic E-state index is 0.0955. The molecule has 5 heteroatoms. The molecular weight excluding hydrogens is 288 g/mol. The number of aromatic nitrogens is 2. The molecule has 5 nitrogen and oxygen atoms in total. The summed E-state index contributed by atoms with van der Waals surface area (Å²) >= 11 is 0. The lowest BCUT2D eigenvalue weighted by molar-refractivity contribution is 0.413.